The topological polar surface area (TPSA) is 28.2 Å². The van der Waals surface area contributed by atoms with E-state index in [1.165, 1.54) is 16.7 Å². The molecule has 3 nitrogen and oxygen atoms in total. The smallest absolute Gasteiger partial charge is 0.0473 e. The Morgan fingerprint density at radius 2 is 2.05 bits per heavy atom. The van der Waals surface area contributed by atoms with Crippen molar-refractivity contribution in [2.45, 2.75) is 25.8 Å². The minimum atomic E-state index is 0.483. The zero-order chi connectivity index (χ0) is 15.2. The average molecular weight is 295 g/mol. The normalized spacial score (nSPS) is 19.2. The summed E-state index contributed by atoms with van der Waals surface area (Å²) in [4.78, 5) is 6.82. The van der Waals surface area contributed by atoms with Crippen molar-refractivity contribution in [3.05, 3.63) is 65.5 Å². The van der Waals surface area contributed by atoms with Gasteiger partial charge in [-0.25, -0.2) is 0 Å². The first-order valence-corrected chi connectivity index (χ1v) is 8.29. The third kappa shape index (κ3) is 3.73. The summed E-state index contributed by atoms with van der Waals surface area (Å²) >= 11 is 0. The second-order valence-electron chi connectivity index (χ2n) is 5.96. The Balaban J connectivity index is 1.67. The summed E-state index contributed by atoms with van der Waals surface area (Å²) in [6.45, 7) is 6.53. The fourth-order valence-electron chi connectivity index (χ4n) is 3.14. The van der Waals surface area contributed by atoms with Gasteiger partial charge in [0, 0.05) is 44.6 Å². The van der Waals surface area contributed by atoms with E-state index in [-0.39, 0.29) is 0 Å². The van der Waals surface area contributed by atoms with Crippen molar-refractivity contribution >= 4 is 0 Å². The standard InChI is InChI=1S/C19H25N3/c1-2-16-5-7-18(8-6-16)19-15-21-11-13-22(19)12-9-17-4-3-10-20-14-17/h3-8,10,14,19,21H,2,9,11-13,15H2,1H3. The number of aryl methyl sites for hydroxylation is 1. The van der Waals surface area contributed by atoms with E-state index >= 15 is 0 Å². The van der Waals surface area contributed by atoms with Crippen LogP contribution in [0.1, 0.15) is 29.7 Å². The van der Waals surface area contributed by atoms with Crippen LogP contribution < -0.4 is 5.32 Å². The third-order valence-corrected chi connectivity index (χ3v) is 4.54. The molecule has 1 aliphatic heterocycles. The molecule has 1 aromatic heterocycles. The number of pyridine rings is 1. The Labute approximate surface area is 133 Å². The minimum absolute atomic E-state index is 0.483. The summed E-state index contributed by atoms with van der Waals surface area (Å²) < 4.78 is 0. The van der Waals surface area contributed by atoms with Gasteiger partial charge in [0.2, 0.25) is 0 Å². The highest BCUT2D eigenvalue weighted by atomic mass is 15.2. The number of nitrogens with one attached hydrogen (secondary N) is 1. The number of nitrogens with zero attached hydrogens (tertiary/aromatic N) is 2. The van der Waals surface area contributed by atoms with E-state index in [0.29, 0.717) is 6.04 Å². The largest absolute Gasteiger partial charge is 0.314 e. The molecule has 0 radical (unpaired) electrons. The van der Waals surface area contributed by atoms with E-state index in [9.17, 15) is 0 Å². The van der Waals surface area contributed by atoms with Gasteiger partial charge >= 0.3 is 0 Å². The van der Waals surface area contributed by atoms with Crippen molar-refractivity contribution in [1.29, 1.82) is 0 Å². The Morgan fingerprint density at radius 3 is 2.77 bits per heavy atom. The zero-order valence-corrected chi connectivity index (χ0v) is 13.3. The second kappa shape index (κ2) is 7.52. The summed E-state index contributed by atoms with van der Waals surface area (Å²) in [5.41, 5.74) is 4.16. The fraction of sp³-hybridized carbons (Fsp3) is 0.421. The number of hydrogen-bond acceptors (Lipinski definition) is 3. The number of hydrogen-bond donors (Lipinski definition) is 1. The van der Waals surface area contributed by atoms with E-state index in [1.54, 1.807) is 0 Å². The maximum Gasteiger partial charge on any atom is 0.0473 e. The van der Waals surface area contributed by atoms with Gasteiger partial charge in [-0.2, -0.15) is 0 Å². The van der Waals surface area contributed by atoms with Gasteiger partial charge in [-0.15, -0.1) is 0 Å². The first kappa shape index (κ1) is 15.2. The first-order valence-electron chi connectivity index (χ1n) is 8.29. The average Bonchev–Trinajstić information content (AvgIpc) is 2.61. The molecule has 0 saturated carbocycles. The van der Waals surface area contributed by atoms with Crippen LogP contribution in [0.3, 0.4) is 0 Å². The van der Waals surface area contributed by atoms with Crippen LogP contribution in [0.25, 0.3) is 0 Å². The van der Waals surface area contributed by atoms with E-state index in [4.69, 9.17) is 0 Å². The first-order chi connectivity index (χ1) is 10.9. The molecular formula is C19H25N3. The highest BCUT2D eigenvalue weighted by Crippen LogP contribution is 2.23. The summed E-state index contributed by atoms with van der Waals surface area (Å²) in [5.74, 6) is 0. The van der Waals surface area contributed by atoms with Gasteiger partial charge in [0.15, 0.2) is 0 Å². The van der Waals surface area contributed by atoms with Crippen molar-refractivity contribution in [3.8, 4) is 0 Å². The molecule has 116 valence electrons. The molecule has 0 amide bonds. The molecule has 1 atom stereocenters. The molecule has 1 saturated heterocycles. The molecule has 3 heteroatoms. The van der Waals surface area contributed by atoms with E-state index in [1.807, 2.05) is 18.5 Å². The van der Waals surface area contributed by atoms with Crippen molar-refractivity contribution in [1.82, 2.24) is 15.2 Å². The van der Waals surface area contributed by atoms with Crippen molar-refractivity contribution in [2.75, 3.05) is 26.2 Å². The van der Waals surface area contributed by atoms with Crippen LogP contribution >= 0.6 is 0 Å². The van der Waals surface area contributed by atoms with Crippen LogP contribution in [0.2, 0.25) is 0 Å². The van der Waals surface area contributed by atoms with Gasteiger partial charge in [0.25, 0.3) is 0 Å². The summed E-state index contributed by atoms with van der Waals surface area (Å²) in [7, 11) is 0. The van der Waals surface area contributed by atoms with E-state index < -0.39 is 0 Å². The van der Waals surface area contributed by atoms with Crippen LogP contribution in [0.5, 0.6) is 0 Å². The van der Waals surface area contributed by atoms with Crippen LogP contribution in [0, 0.1) is 0 Å². The Bertz CT molecular complexity index is 565. The number of benzene rings is 1. The SMILES string of the molecule is CCc1ccc(C2CNCCN2CCc2cccnc2)cc1. The monoisotopic (exact) mass is 295 g/mol. The molecule has 1 fully saturated rings. The summed E-state index contributed by atoms with van der Waals surface area (Å²) in [6, 6.07) is 13.8. The quantitative estimate of drug-likeness (QED) is 0.919. The lowest BCUT2D eigenvalue weighted by atomic mass is 10.0. The lowest BCUT2D eigenvalue weighted by molar-refractivity contribution is 0.164. The molecule has 0 aliphatic carbocycles. The lowest BCUT2D eigenvalue weighted by Crippen LogP contribution is -2.46. The number of piperazine rings is 1. The minimum Gasteiger partial charge on any atom is -0.314 e. The molecule has 1 aromatic carbocycles. The van der Waals surface area contributed by atoms with Gasteiger partial charge in [-0.05, 0) is 35.6 Å². The van der Waals surface area contributed by atoms with Crippen LogP contribution in [-0.4, -0.2) is 36.1 Å². The van der Waals surface area contributed by atoms with Crippen LogP contribution in [0.4, 0.5) is 0 Å². The Morgan fingerprint density at radius 1 is 1.18 bits per heavy atom. The molecule has 3 rings (SSSR count). The molecule has 0 bridgehead atoms. The van der Waals surface area contributed by atoms with Gasteiger partial charge in [0.05, 0.1) is 0 Å². The Hall–Kier alpha value is -1.71. The van der Waals surface area contributed by atoms with Crippen molar-refractivity contribution in [2.24, 2.45) is 0 Å². The number of aromatic nitrogens is 1. The second-order valence-corrected chi connectivity index (χ2v) is 5.96. The van der Waals surface area contributed by atoms with Crippen molar-refractivity contribution < 1.29 is 0 Å². The summed E-state index contributed by atoms with van der Waals surface area (Å²) in [6.07, 6.45) is 5.99. The molecule has 2 aromatic rings. The highest BCUT2D eigenvalue weighted by molar-refractivity contribution is 5.26. The lowest BCUT2D eigenvalue weighted by Gasteiger charge is -2.36. The van der Waals surface area contributed by atoms with Gasteiger partial charge in [-0.1, -0.05) is 37.3 Å². The van der Waals surface area contributed by atoms with Crippen LogP contribution in [-0.2, 0) is 12.8 Å². The van der Waals surface area contributed by atoms with E-state index in [0.717, 1.165) is 39.0 Å². The Kier molecular flexibility index (Phi) is 5.20. The van der Waals surface area contributed by atoms with Gasteiger partial charge in [0.1, 0.15) is 0 Å². The van der Waals surface area contributed by atoms with Gasteiger partial charge in [-0.3, -0.25) is 9.88 Å². The molecule has 1 unspecified atom stereocenters. The highest BCUT2D eigenvalue weighted by Gasteiger charge is 2.23. The van der Waals surface area contributed by atoms with Gasteiger partial charge < -0.3 is 5.32 Å². The molecular weight excluding hydrogens is 270 g/mol. The zero-order valence-electron chi connectivity index (χ0n) is 13.3. The third-order valence-electron chi connectivity index (χ3n) is 4.54. The maximum absolute atomic E-state index is 4.21. The number of rotatable bonds is 5. The van der Waals surface area contributed by atoms with Crippen molar-refractivity contribution in [3.63, 3.8) is 0 Å². The fourth-order valence-corrected chi connectivity index (χ4v) is 3.14. The molecule has 2 heterocycles. The summed E-state index contributed by atoms with van der Waals surface area (Å²) in [5, 5.41) is 3.54. The van der Waals surface area contributed by atoms with E-state index in [2.05, 4.69) is 52.5 Å². The van der Waals surface area contributed by atoms with Crippen LogP contribution in [0.15, 0.2) is 48.8 Å². The molecule has 0 spiro atoms. The predicted molar refractivity (Wildman–Crippen MR) is 90.9 cm³/mol. The molecule has 1 N–H and O–H groups in total. The molecule has 22 heavy (non-hydrogen) atoms. The predicted octanol–water partition coefficient (Wildman–Crippen LogP) is 2.83. The molecule has 1 aliphatic rings. The maximum atomic E-state index is 4.21.